The lowest BCUT2D eigenvalue weighted by molar-refractivity contribution is 0.0830. The zero-order valence-electron chi connectivity index (χ0n) is 21.3. The van der Waals surface area contributed by atoms with Crippen LogP contribution in [0.15, 0.2) is 53.4 Å². The molecule has 196 valence electrons. The summed E-state index contributed by atoms with van der Waals surface area (Å²) in [5, 5.41) is 12.6. The first kappa shape index (κ1) is 27.5. The second-order valence-corrected chi connectivity index (χ2v) is 10.8. The van der Waals surface area contributed by atoms with Gasteiger partial charge in [0.25, 0.3) is 0 Å². The van der Waals surface area contributed by atoms with E-state index in [4.69, 9.17) is 9.47 Å². The van der Waals surface area contributed by atoms with Gasteiger partial charge in [-0.2, -0.15) is 4.31 Å². The molecule has 0 aromatic heterocycles. The zero-order chi connectivity index (χ0) is 26.5. The van der Waals surface area contributed by atoms with E-state index in [-0.39, 0.29) is 42.3 Å². The standard InChI is InChI=1S/C26H35N3O6S/c1-6-7-20-8-13-25-23(14-20)35-24(18(2)15-29(19(3)17-30)36(25,32)33)16-28(4)26(31)27-21-9-11-22(34-5)12-10-21/h6-14,18-19,24,30H,15-17H2,1-5H3,(H,27,31)/b7-6+/t18-,19-,24-/m1/s1. The lowest BCUT2D eigenvalue weighted by atomic mass is 10.0. The van der Waals surface area contributed by atoms with Gasteiger partial charge in [0.05, 0.1) is 20.3 Å². The molecule has 2 aromatic rings. The fourth-order valence-electron chi connectivity index (χ4n) is 4.00. The number of likely N-dealkylation sites (N-methyl/N-ethyl adjacent to an activating group) is 1. The fourth-order valence-corrected chi connectivity index (χ4v) is 5.83. The topological polar surface area (TPSA) is 108 Å². The van der Waals surface area contributed by atoms with E-state index >= 15 is 0 Å². The molecule has 0 radical (unpaired) electrons. The maximum atomic E-state index is 13.5. The van der Waals surface area contributed by atoms with Crippen LogP contribution < -0.4 is 14.8 Å². The number of sulfonamides is 1. The van der Waals surface area contributed by atoms with Crippen LogP contribution in [0.5, 0.6) is 11.5 Å². The molecule has 10 heteroatoms. The molecule has 1 heterocycles. The summed E-state index contributed by atoms with van der Waals surface area (Å²) in [4.78, 5) is 14.4. The van der Waals surface area contributed by atoms with Crippen molar-refractivity contribution >= 4 is 27.8 Å². The van der Waals surface area contributed by atoms with Crippen LogP contribution in [0.2, 0.25) is 0 Å². The number of fused-ring (bicyclic) bond motifs is 1. The van der Waals surface area contributed by atoms with Gasteiger partial charge < -0.3 is 24.8 Å². The summed E-state index contributed by atoms with van der Waals surface area (Å²) in [5.41, 5.74) is 1.42. The van der Waals surface area contributed by atoms with E-state index < -0.39 is 22.2 Å². The average molecular weight is 518 g/mol. The molecule has 0 saturated heterocycles. The van der Waals surface area contributed by atoms with E-state index in [0.29, 0.717) is 11.4 Å². The summed E-state index contributed by atoms with van der Waals surface area (Å²) in [6.07, 6.45) is 3.22. The number of urea groups is 1. The number of hydrogen-bond acceptors (Lipinski definition) is 6. The van der Waals surface area contributed by atoms with E-state index in [2.05, 4.69) is 5.32 Å². The molecule has 2 aromatic carbocycles. The molecular weight excluding hydrogens is 482 g/mol. The van der Waals surface area contributed by atoms with Crippen molar-refractivity contribution in [2.75, 3.05) is 39.2 Å². The van der Waals surface area contributed by atoms with Crippen molar-refractivity contribution in [2.24, 2.45) is 5.92 Å². The lowest BCUT2D eigenvalue weighted by Gasteiger charge is -2.37. The molecule has 9 nitrogen and oxygen atoms in total. The van der Waals surface area contributed by atoms with Crippen molar-refractivity contribution in [3.8, 4) is 11.5 Å². The van der Waals surface area contributed by atoms with Crippen LogP contribution in [0.1, 0.15) is 26.3 Å². The highest BCUT2D eigenvalue weighted by Gasteiger charge is 2.38. The first-order chi connectivity index (χ1) is 17.1. The number of nitrogens with one attached hydrogen (secondary N) is 1. The van der Waals surface area contributed by atoms with Gasteiger partial charge in [0.2, 0.25) is 10.0 Å². The van der Waals surface area contributed by atoms with Crippen LogP contribution in [0.3, 0.4) is 0 Å². The van der Waals surface area contributed by atoms with Gasteiger partial charge in [0.15, 0.2) is 0 Å². The number of hydrogen-bond donors (Lipinski definition) is 2. The first-order valence-electron chi connectivity index (χ1n) is 11.8. The molecule has 3 rings (SSSR count). The lowest BCUT2D eigenvalue weighted by Crippen LogP contribution is -2.50. The second kappa shape index (κ2) is 11.8. The largest absolute Gasteiger partial charge is 0.497 e. The highest BCUT2D eigenvalue weighted by Crippen LogP contribution is 2.34. The number of nitrogens with zero attached hydrogens (tertiary/aromatic N) is 2. The number of carbonyl (C=O) groups is 1. The molecular formula is C26H35N3O6S. The summed E-state index contributed by atoms with van der Waals surface area (Å²) < 4.78 is 39.8. The van der Waals surface area contributed by atoms with Crippen LogP contribution in [0.4, 0.5) is 10.5 Å². The minimum absolute atomic E-state index is 0.0401. The zero-order valence-corrected chi connectivity index (χ0v) is 22.2. The van der Waals surface area contributed by atoms with E-state index in [9.17, 15) is 18.3 Å². The van der Waals surface area contributed by atoms with Crippen molar-refractivity contribution in [2.45, 2.75) is 37.8 Å². The van der Waals surface area contributed by atoms with Crippen LogP contribution in [-0.4, -0.2) is 74.8 Å². The SMILES string of the molecule is C/C=C/c1ccc2c(c1)O[C@H](CN(C)C(=O)Nc1ccc(OC)cc1)[C@H](C)CN([C@H](C)CO)S2(=O)=O. The van der Waals surface area contributed by atoms with Crippen molar-refractivity contribution < 1.29 is 27.8 Å². The van der Waals surface area contributed by atoms with Crippen LogP contribution >= 0.6 is 0 Å². The third-order valence-electron chi connectivity index (χ3n) is 6.19. The number of methoxy groups -OCH3 is 1. The highest BCUT2D eigenvalue weighted by molar-refractivity contribution is 7.89. The number of benzene rings is 2. The van der Waals surface area contributed by atoms with Gasteiger partial charge in [-0.15, -0.1) is 0 Å². The number of ether oxygens (including phenoxy) is 2. The van der Waals surface area contributed by atoms with Crippen molar-refractivity contribution in [1.29, 1.82) is 0 Å². The van der Waals surface area contributed by atoms with Crippen molar-refractivity contribution in [1.82, 2.24) is 9.21 Å². The van der Waals surface area contributed by atoms with Crippen molar-refractivity contribution in [3.63, 3.8) is 0 Å². The Morgan fingerprint density at radius 3 is 2.61 bits per heavy atom. The molecule has 1 aliphatic heterocycles. The molecule has 0 fully saturated rings. The Morgan fingerprint density at radius 2 is 2.00 bits per heavy atom. The Hall–Kier alpha value is -3.08. The van der Waals surface area contributed by atoms with Gasteiger partial charge in [0.1, 0.15) is 22.5 Å². The highest BCUT2D eigenvalue weighted by atomic mass is 32.2. The number of aliphatic hydroxyl groups is 1. The minimum atomic E-state index is -3.91. The molecule has 3 atom stereocenters. The third-order valence-corrected chi connectivity index (χ3v) is 8.21. The fraction of sp³-hybridized carbons (Fsp3) is 0.423. The summed E-state index contributed by atoms with van der Waals surface area (Å²) in [7, 11) is -0.676. The number of amides is 2. The average Bonchev–Trinajstić information content (AvgIpc) is 2.86. The van der Waals surface area contributed by atoms with Gasteiger partial charge in [-0.05, 0) is 55.8 Å². The smallest absolute Gasteiger partial charge is 0.321 e. The second-order valence-electron chi connectivity index (χ2n) is 8.99. The van der Waals surface area contributed by atoms with E-state index in [1.165, 1.54) is 15.3 Å². The monoisotopic (exact) mass is 517 g/mol. The van der Waals surface area contributed by atoms with Crippen LogP contribution in [0, 0.1) is 5.92 Å². The summed E-state index contributed by atoms with van der Waals surface area (Å²) >= 11 is 0. The molecule has 36 heavy (non-hydrogen) atoms. The van der Waals surface area contributed by atoms with Crippen LogP contribution in [0.25, 0.3) is 6.08 Å². The third kappa shape index (κ3) is 6.18. The molecule has 0 saturated carbocycles. The Bertz CT molecular complexity index is 1180. The first-order valence-corrected chi connectivity index (χ1v) is 13.3. The van der Waals surface area contributed by atoms with Gasteiger partial charge in [0, 0.05) is 31.2 Å². The van der Waals surface area contributed by atoms with Gasteiger partial charge in [-0.3, -0.25) is 0 Å². The predicted octanol–water partition coefficient (Wildman–Crippen LogP) is 3.66. The number of carbonyl (C=O) groups excluding carboxylic acids is 1. The summed E-state index contributed by atoms with van der Waals surface area (Å²) in [6.45, 7) is 5.47. The Kier molecular flexibility index (Phi) is 8.99. The maximum absolute atomic E-state index is 13.5. The van der Waals surface area contributed by atoms with Crippen molar-refractivity contribution in [3.05, 3.63) is 54.1 Å². The number of rotatable bonds is 7. The quantitative estimate of drug-likeness (QED) is 0.580. The minimum Gasteiger partial charge on any atom is -0.497 e. The summed E-state index contributed by atoms with van der Waals surface area (Å²) in [5.74, 6) is 0.635. The van der Waals surface area contributed by atoms with Gasteiger partial charge >= 0.3 is 6.03 Å². The molecule has 1 aliphatic rings. The van der Waals surface area contributed by atoms with E-state index in [1.807, 2.05) is 26.0 Å². The van der Waals surface area contributed by atoms with Gasteiger partial charge in [-0.1, -0.05) is 25.1 Å². The predicted molar refractivity (Wildman–Crippen MR) is 140 cm³/mol. The Balaban J connectivity index is 1.90. The molecule has 0 unspecified atom stereocenters. The normalized spacial score (nSPS) is 20.5. The van der Waals surface area contributed by atoms with Crippen LogP contribution in [-0.2, 0) is 10.0 Å². The molecule has 0 bridgehead atoms. The number of anilines is 1. The van der Waals surface area contributed by atoms with Gasteiger partial charge in [-0.25, -0.2) is 13.2 Å². The summed E-state index contributed by atoms with van der Waals surface area (Å²) in [6, 6.07) is 11.0. The molecule has 2 N–H and O–H groups in total. The number of allylic oxidation sites excluding steroid dienone is 1. The molecule has 0 aliphatic carbocycles. The molecule has 2 amide bonds. The molecule has 0 spiro atoms. The number of aliphatic hydroxyl groups excluding tert-OH is 1. The van der Waals surface area contributed by atoms with E-state index in [0.717, 1.165) is 5.56 Å². The maximum Gasteiger partial charge on any atom is 0.321 e. The Labute approximate surface area is 213 Å². The Morgan fingerprint density at radius 1 is 1.31 bits per heavy atom. The van der Waals surface area contributed by atoms with E-state index in [1.54, 1.807) is 57.5 Å².